The first-order valence-electron chi connectivity index (χ1n) is 2.36. The predicted molar refractivity (Wildman–Crippen MR) is 35.3 cm³/mol. The van der Waals surface area contributed by atoms with Crippen molar-refractivity contribution >= 4 is 0 Å². The highest BCUT2D eigenvalue weighted by Gasteiger charge is 1.97. The smallest absolute Gasteiger partial charge is 0.0751 e. The summed E-state index contributed by atoms with van der Waals surface area (Å²) in [7, 11) is 6.54. The van der Waals surface area contributed by atoms with E-state index in [9.17, 15) is 0 Å². The van der Waals surface area contributed by atoms with E-state index >= 15 is 0 Å². The first-order valence-corrected chi connectivity index (χ1v) is 2.36. The summed E-state index contributed by atoms with van der Waals surface area (Å²) in [5.41, 5.74) is 0. The number of quaternary nitrogens is 1. The molecular weight excluding hydrogens is 86.1 g/mol. The summed E-state index contributed by atoms with van der Waals surface area (Å²) in [6.45, 7) is 3.39. The number of hydrogen-bond donors (Lipinski definition) is 0. The zero-order valence-corrected chi connectivity index (χ0v) is 5.15. The van der Waals surface area contributed by atoms with E-state index in [4.69, 9.17) is 0 Å². The molecule has 0 heterocycles. The van der Waals surface area contributed by atoms with Crippen molar-refractivity contribution in [3.05, 3.63) is 0 Å². The van der Waals surface area contributed by atoms with Gasteiger partial charge in [0.25, 0.3) is 0 Å². The van der Waals surface area contributed by atoms with Gasteiger partial charge in [0, 0.05) is 0 Å². The summed E-state index contributed by atoms with van der Waals surface area (Å²) < 4.78 is 1.07. The Kier molecular flexibility index (Phi) is 4.35. The first kappa shape index (κ1) is 10.0. The molecule has 0 aliphatic heterocycles. The fourth-order valence-corrected chi connectivity index (χ4v) is 0. The fraction of sp³-hybridized carbons (Fsp3) is 1.00. The minimum atomic E-state index is 0. The van der Waals surface area contributed by atoms with Crippen molar-refractivity contribution in [2.45, 2.75) is 14.4 Å². The average molecular weight is 104 g/mol. The van der Waals surface area contributed by atoms with Crippen LogP contribution in [0.4, 0.5) is 0 Å². The third-order valence-corrected chi connectivity index (χ3v) is 0.949. The topological polar surface area (TPSA) is 0 Å². The Morgan fingerprint density at radius 1 is 1.14 bits per heavy atom. The molecule has 0 aromatic carbocycles. The van der Waals surface area contributed by atoms with Crippen molar-refractivity contribution < 1.29 is 4.48 Å². The highest BCUT2D eigenvalue weighted by Crippen LogP contribution is 1.83. The Bertz CT molecular complexity index is 33.9. The van der Waals surface area contributed by atoms with Gasteiger partial charge in [-0.2, -0.15) is 0 Å². The standard InChI is InChI=1S/C5H14N.CH4/c1-5-6(2,3)4;/h5H2,1-4H3;1H4/q+1;. The van der Waals surface area contributed by atoms with Crippen LogP contribution in [0.25, 0.3) is 0 Å². The summed E-state index contributed by atoms with van der Waals surface area (Å²) in [5, 5.41) is 0. The van der Waals surface area contributed by atoms with E-state index in [1.165, 1.54) is 6.54 Å². The second kappa shape index (κ2) is 3.03. The Labute approximate surface area is 47.5 Å². The molecule has 1 heteroatoms. The van der Waals surface area contributed by atoms with Crippen LogP contribution in [0.15, 0.2) is 0 Å². The molecule has 0 bridgehead atoms. The van der Waals surface area contributed by atoms with Crippen LogP contribution in [0.1, 0.15) is 14.4 Å². The molecule has 0 aliphatic carbocycles. The maximum atomic E-state index is 2.18. The van der Waals surface area contributed by atoms with Crippen molar-refractivity contribution in [2.75, 3.05) is 27.7 Å². The van der Waals surface area contributed by atoms with E-state index in [1.54, 1.807) is 0 Å². The Morgan fingerprint density at radius 3 is 1.29 bits per heavy atom. The zero-order chi connectivity index (χ0) is 5.21. The number of nitrogens with zero attached hydrogens (tertiary/aromatic N) is 1. The lowest BCUT2D eigenvalue weighted by molar-refractivity contribution is -0.868. The molecule has 0 N–H and O–H groups in total. The molecule has 0 aromatic heterocycles. The molecule has 0 saturated carbocycles. The molecule has 0 atom stereocenters. The van der Waals surface area contributed by atoms with Gasteiger partial charge < -0.3 is 4.48 Å². The summed E-state index contributed by atoms with van der Waals surface area (Å²) in [4.78, 5) is 0. The van der Waals surface area contributed by atoms with Crippen molar-refractivity contribution in [3.8, 4) is 0 Å². The van der Waals surface area contributed by atoms with E-state index in [1.807, 2.05) is 0 Å². The van der Waals surface area contributed by atoms with Gasteiger partial charge in [0.05, 0.1) is 27.7 Å². The Hall–Kier alpha value is -0.0400. The lowest BCUT2D eigenvalue weighted by Gasteiger charge is -2.20. The maximum absolute atomic E-state index is 2.18. The van der Waals surface area contributed by atoms with Gasteiger partial charge in [-0.25, -0.2) is 0 Å². The molecule has 0 rings (SSSR count). The monoisotopic (exact) mass is 104 g/mol. The SMILES string of the molecule is C.CC[N+](C)(C)C. The van der Waals surface area contributed by atoms with Crippen LogP contribution in [0.3, 0.4) is 0 Å². The fourth-order valence-electron chi connectivity index (χ4n) is 0. The summed E-state index contributed by atoms with van der Waals surface area (Å²) in [6.07, 6.45) is 0. The largest absolute Gasteiger partial charge is 0.331 e. The van der Waals surface area contributed by atoms with Gasteiger partial charge in [0.15, 0.2) is 0 Å². The van der Waals surface area contributed by atoms with Crippen LogP contribution in [-0.2, 0) is 0 Å². The van der Waals surface area contributed by atoms with Gasteiger partial charge in [-0.1, -0.05) is 7.43 Å². The average Bonchev–Trinajstić information content (AvgIpc) is 1.35. The third-order valence-electron chi connectivity index (χ3n) is 0.949. The molecular formula is C6H18N+. The number of hydrogen-bond acceptors (Lipinski definition) is 0. The van der Waals surface area contributed by atoms with E-state index in [-0.39, 0.29) is 7.43 Å². The van der Waals surface area contributed by atoms with E-state index < -0.39 is 0 Å². The Morgan fingerprint density at radius 2 is 1.29 bits per heavy atom. The molecule has 0 aromatic rings. The van der Waals surface area contributed by atoms with Crippen molar-refractivity contribution in [2.24, 2.45) is 0 Å². The first-order chi connectivity index (χ1) is 2.56. The van der Waals surface area contributed by atoms with Gasteiger partial charge in [-0.3, -0.25) is 0 Å². The minimum Gasteiger partial charge on any atom is -0.331 e. The van der Waals surface area contributed by atoms with Gasteiger partial charge in [-0.05, 0) is 6.92 Å². The second-order valence-electron chi connectivity index (χ2n) is 2.61. The highest BCUT2D eigenvalue weighted by atomic mass is 15.3. The van der Waals surface area contributed by atoms with Crippen LogP contribution < -0.4 is 0 Å². The van der Waals surface area contributed by atoms with E-state index in [2.05, 4.69) is 28.1 Å². The van der Waals surface area contributed by atoms with Gasteiger partial charge in [-0.15, -0.1) is 0 Å². The predicted octanol–water partition coefficient (Wildman–Crippen LogP) is 1.35. The van der Waals surface area contributed by atoms with Crippen LogP contribution in [0, 0.1) is 0 Å². The van der Waals surface area contributed by atoms with E-state index in [0.29, 0.717) is 0 Å². The number of rotatable bonds is 1. The molecule has 0 aliphatic rings. The molecule has 0 radical (unpaired) electrons. The molecule has 0 amide bonds. The van der Waals surface area contributed by atoms with Crippen molar-refractivity contribution in [3.63, 3.8) is 0 Å². The summed E-state index contributed by atoms with van der Waals surface area (Å²) in [5.74, 6) is 0. The van der Waals surface area contributed by atoms with Gasteiger partial charge in [0.2, 0.25) is 0 Å². The van der Waals surface area contributed by atoms with E-state index in [0.717, 1.165) is 4.48 Å². The summed E-state index contributed by atoms with van der Waals surface area (Å²) >= 11 is 0. The normalized spacial score (nSPS) is 10.3. The molecule has 1 nitrogen and oxygen atoms in total. The Balaban J connectivity index is 0. The molecule has 7 heavy (non-hydrogen) atoms. The minimum absolute atomic E-state index is 0. The quantitative estimate of drug-likeness (QED) is 0.440. The summed E-state index contributed by atoms with van der Waals surface area (Å²) in [6, 6.07) is 0. The lowest BCUT2D eigenvalue weighted by atomic mass is 10.6. The van der Waals surface area contributed by atoms with Crippen LogP contribution in [0.5, 0.6) is 0 Å². The van der Waals surface area contributed by atoms with Gasteiger partial charge in [0.1, 0.15) is 0 Å². The maximum Gasteiger partial charge on any atom is 0.0751 e. The van der Waals surface area contributed by atoms with Crippen LogP contribution in [0.2, 0.25) is 0 Å². The van der Waals surface area contributed by atoms with Crippen molar-refractivity contribution in [1.29, 1.82) is 0 Å². The molecule has 0 fully saturated rings. The molecule has 0 spiro atoms. The third kappa shape index (κ3) is 10.7. The molecule has 0 unspecified atom stereocenters. The second-order valence-corrected chi connectivity index (χ2v) is 2.61. The highest BCUT2D eigenvalue weighted by molar-refractivity contribution is 4.06. The van der Waals surface area contributed by atoms with Crippen LogP contribution in [-0.4, -0.2) is 32.2 Å². The van der Waals surface area contributed by atoms with Crippen molar-refractivity contribution in [1.82, 2.24) is 0 Å². The van der Waals surface area contributed by atoms with Crippen LogP contribution >= 0.6 is 0 Å². The zero-order valence-electron chi connectivity index (χ0n) is 5.15. The molecule has 0 saturated heterocycles. The molecule has 46 valence electrons. The van der Waals surface area contributed by atoms with Gasteiger partial charge >= 0.3 is 0 Å². The lowest BCUT2D eigenvalue weighted by Crippen LogP contribution is -2.33.